The van der Waals surface area contributed by atoms with Crippen molar-refractivity contribution >= 4 is 27.7 Å². The minimum Gasteiger partial charge on any atom is -0.497 e. The number of amides is 2. The molecule has 2 aromatic carbocycles. The van der Waals surface area contributed by atoms with Gasteiger partial charge in [-0.3, -0.25) is 0 Å². The molecule has 162 valence electrons. The molecule has 8 nitrogen and oxygen atoms in total. The molecule has 0 aromatic heterocycles. The number of methoxy groups -OCH3 is 2. The number of rotatable bonds is 6. The highest BCUT2D eigenvalue weighted by atomic mass is 35.5. The van der Waals surface area contributed by atoms with Crippen LogP contribution in [-0.4, -0.2) is 64.1 Å². The molecule has 0 unspecified atom stereocenters. The van der Waals surface area contributed by atoms with E-state index >= 15 is 0 Å². The second-order valence-electron chi connectivity index (χ2n) is 6.73. The van der Waals surface area contributed by atoms with Crippen LogP contribution in [0.4, 0.5) is 4.79 Å². The number of urea groups is 1. The second kappa shape index (κ2) is 9.55. The van der Waals surface area contributed by atoms with Gasteiger partial charge in [0, 0.05) is 43.8 Å². The highest BCUT2D eigenvalue weighted by molar-refractivity contribution is 7.89. The van der Waals surface area contributed by atoms with Gasteiger partial charge in [0.25, 0.3) is 0 Å². The van der Waals surface area contributed by atoms with Crippen LogP contribution in [0.3, 0.4) is 0 Å². The lowest BCUT2D eigenvalue weighted by molar-refractivity contribution is 0.172. The summed E-state index contributed by atoms with van der Waals surface area (Å²) in [5, 5.41) is 3.22. The molecule has 1 aliphatic heterocycles. The van der Waals surface area contributed by atoms with Gasteiger partial charge >= 0.3 is 6.03 Å². The number of hydrogen-bond donors (Lipinski definition) is 1. The van der Waals surface area contributed by atoms with E-state index in [0.717, 1.165) is 5.56 Å². The van der Waals surface area contributed by atoms with Gasteiger partial charge in [0.15, 0.2) is 0 Å². The molecule has 2 aromatic rings. The van der Waals surface area contributed by atoms with Crippen LogP contribution in [-0.2, 0) is 16.6 Å². The van der Waals surface area contributed by atoms with E-state index in [9.17, 15) is 13.2 Å². The first-order valence-corrected chi connectivity index (χ1v) is 11.2. The molecule has 1 saturated heterocycles. The first-order chi connectivity index (χ1) is 14.3. The molecule has 0 spiro atoms. The molecule has 0 aliphatic carbocycles. The van der Waals surface area contributed by atoms with Crippen LogP contribution in [0.5, 0.6) is 11.5 Å². The lowest BCUT2D eigenvalue weighted by Gasteiger charge is -2.34. The third kappa shape index (κ3) is 5.16. The summed E-state index contributed by atoms with van der Waals surface area (Å²) < 4.78 is 37.4. The Bertz CT molecular complexity index is 985. The van der Waals surface area contributed by atoms with Gasteiger partial charge in [-0.05, 0) is 35.9 Å². The van der Waals surface area contributed by atoms with Crippen LogP contribution in [0.1, 0.15) is 5.56 Å². The number of piperazine rings is 1. The number of nitrogens with zero attached hydrogens (tertiary/aromatic N) is 2. The van der Waals surface area contributed by atoms with E-state index in [2.05, 4.69) is 5.32 Å². The summed E-state index contributed by atoms with van der Waals surface area (Å²) in [6.45, 7) is 1.33. The summed E-state index contributed by atoms with van der Waals surface area (Å²) in [6.07, 6.45) is 0. The van der Waals surface area contributed by atoms with Gasteiger partial charge in [0.1, 0.15) is 11.5 Å². The van der Waals surface area contributed by atoms with Crippen LogP contribution in [0.15, 0.2) is 47.4 Å². The van der Waals surface area contributed by atoms with Gasteiger partial charge in [-0.25, -0.2) is 13.2 Å². The van der Waals surface area contributed by atoms with E-state index in [4.69, 9.17) is 21.1 Å². The van der Waals surface area contributed by atoms with Gasteiger partial charge in [-0.15, -0.1) is 0 Å². The van der Waals surface area contributed by atoms with Crippen molar-refractivity contribution in [3.05, 3.63) is 53.1 Å². The zero-order valence-corrected chi connectivity index (χ0v) is 18.4. The summed E-state index contributed by atoms with van der Waals surface area (Å²) in [6, 6.07) is 11.3. The van der Waals surface area contributed by atoms with Gasteiger partial charge in [0.2, 0.25) is 10.0 Å². The number of nitrogens with one attached hydrogen (secondary N) is 1. The molecule has 0 bridgehead atoms. The molecule has 30 heavy (non-hydrogen) atoms. The molecular weight excluding hydrogens is 430 g/mol. The summed E-state index contributed by atoms with van der Waals surface area (Å²) in [5.41, 5.74) is 0.835. The summed E-state index contributed by atoms with van der Waals surface area (Å²) >= 11 is 5.92. The van der Waals surface area contributed by atoms with Crippen LogP contribution in [0, 0.1) is 0 Å². The smallest absolute Gasteiger partial charge is 0.317 e. The van der Waals surface area contributed by atoms with Crippen molar-refractivity contribution in [2.24, 2.45) is 0 Å². The lowest BCUT2D eigenvalue weighted by atomic mass is 10.2. The van der Waals surface area contributed by atoms with Gasteiger partial charge < -0.3 is 19.7 Å². The van der Waals surface area contributed by atoms with Crippen molar-refractivity contribution in [1.29, 1.82) is 0 Å². The molecule has 0 radical (unpaired) electrons. The summed E-state index contributed by atoms with van der Waals surface area (Å²) in [5.74, 6) is 1.27. The number of carbonyl (C=O) groups is 1. The zero-order chi connectivity index (χ0) is 21.7. The van der Waals surface area contributed by atoms with E-state index < -0.39 is 10.0 Å². The molecule has 2 amide bonds. The maximum atomic E-state index is 12.8. The quantitative estimate of drug-likeness (QED) is 0.726. The third-order valence-electron chi connectivity index (χ3n) is 4.81. The van der Waals surface area contributed by atoms with Crippen molar-refractivity contribution < 1.29 is 22.7 Å². The van der Waals surface area contributed by atoms with E-state index in [-0.39, 0.29) is 24.0 Å². The van der Waals surface area contributed by atoms with E-state index in [1.54, 1.807) is 37.3 Å². The van der Waals surface area contributed by atoms with Crippen LogP contribution >= 0.6 is 11.6 Å². The number of benzene rings is 2. The highest BCUT2D eigenvalue weighted by Gasteiger charge is 2.30. The van der Waals surface area contributed by atoms with Crippen LogP contribution in [0.25, 0.3) is 0 Å². The fourth-order valence-electron chi connectivity index (χ4n) is 3.17. The largest absolute Gasteiger partial charge is 0.497 e. The molecule has 1 N–H and O–H groups in total. The van der Waals surface area contributed by atoms with E-state index in [0.29, 0.717) is 36.2 Å². The molecular formula is C20H24ClN3O5S. The van der Waals surface area contributed by atoms with Crippen molar-refractivity contribution in [1.82, 2.24) is 14.5 Å². The minimum atomic E-state index is -3.64. The molecule has 1 fully saturated rings. The Balaban J connectivity index is 1.57. The van der Waals surface area contributed by atoms with E-state index in [1.165, 1.54) is 16.4 Å². The predicted octanol–water partition coefficient (Wildman–Crippen LogP) is 2.57. The van der Waals surface area contributed by atoms with Gasteiger partial charge in [-0.2, -0.15) is 4.31 Å². The first kappa shape index (κ1) is 22.2. The van der Waals surface area contributed by atoms with Gasteiger partial charge in [0.05, 0.1) is 19.1 Å². The minimum absolute atomic E-state index is 0.153. The first-order valence-electron chi connectivity index (χ1n) is 9.34. The number of carbonyl (C=O) groups excluding carboxylic acids is 1. The molecule has 3 rings (SSSR count). The molecule has 1 aliphatic rings. The highest BCUT2D eigenvalue weighted by Crippen LogP contribution is 2.23. The van der Waals surface area contributed by atoms with Crippen molar-refractivity contribution in [2.75, 3.05) is 40.4 Å². The summed E-state index contributed by atoms with van der Waals surface area (Å²) in [7, 11) is -0.514. The monoisotopic (exact) mass is 453 g/mol. The van der Waals surface area contributed by atoms with Crippen molar-refractivity contribution in [3.8, 4) is 11.5 Å². The Morgan fingerprint density at radius 2 is 1.67 bits per heavy atom. The Labute approximate surface area is 181 Å². The van der Waals surface area contributed by atoms with Crippen LogP contribution < -0.4 is 14.8 Å². The average molecular weight is 454 g/mol. The molecule has 0 atom stereocenters. The summed E-state index contributed by atoms with van der Waals surface area (Å²) in [4.78, 5) is 14.3. The number of hydrogen-bond acceptors (Lipinski definition) is 5. The molecule has 0 saturated carbocycles. The number of halogens is 1. The lowest BCUT2D eigenvalue weighted by Crippen LogP contribution is -2.52. The fourth-order valence-corrected chi connectivity index (χ4v) is 4.89. The standard InChI is InChI=1S/C20H24ClN3O5S/c1-28-17-10-15(11-18(13-17)29-2)14-22-20(25)23-6-8-24(9-7-23)30(26,27)19-5-3-4-16(21)12-19/h3-5,10-13H,6-9,14H2,1-2H3,(H,22,25). The topological polar surface area (TPSA) is 88.2 Å². The Hall–Kier alpha value is -2.49. The Morgan fingerprint density at radius 1 is 1.03 bits per heavy atom. The average Bonchev–Trinajstić information content (AvgIpc) is 2.77. The second-order valence-corrected chi connectivity index (χ2v) is 9.10. The number of ether oxygens (including phenoxy) is 2. The third-order valence-corrected chi connectivity index (χ3v) is 6.94. The van der Waals surface area contributed by atoms with Gasteiger partial charge in [-0.1, -0.05) is 17.7 Å². The van der Waals surface area contributed by atoms with E-state index in [1.807, 2.05) is 12.1 Å². The Morgan fingerprint density at radius 3 is 2.23 bits per heavy atom. The number of sulfonamides is 1. The zero-order valence-electron chi connectivity index (χ0n) is 16.8. The SMILES string of the molecule is COc1cc(CNC(=O)N2CCN(S(=O)(=O)c3cccc(Cl)c3)CC2)cc(OC)c1. The predicted molar refractivity (Wildman–Crippen MR) is 114 cm³/mol. The fraction of sp³-hybridized carbons (Fsp3) is 0.350. The normalized spacial score (nSPS) is 15.0. The van der Waals surface area contributed by atoms with Crippen LogP contribution in [0.2, 0.25) is 5.02 Å². The molecule has 1 heterocycles. The van der Waals surface area contributed by atoms with Crippen molar-refractivity contribution in [3.63, 3.8) is 0 Å². The maximum absolute atomic E-state index is 12.8. The van der Waals surface area contributed by atoms with Crippen molar-refractivity contribution in [2.45, 2.75) is 11.4 Å². The maximum Gasteiger partial charge on any atom is 0.317 e. The Kier molecular flexibility index (Phi) is 7.06. The molecule has 10 heteroatoms.